The molecule has 1 unspecified atom stereocenters. The van der Waals surface area contributed by atoms with Gasteiger partial charge in [0.2, 0.25) is 0 Å². The molecule has 1 amide bonds. The van der Waals surface area contributed by atoms with Crippen LogP contribution in [0.3, 0.4) is 0 Å². The Labute approximate surface area is 88.4 Å². The van der Waals surface area contributed by atoms with Crippen molar-refractivity contribution in [3.8, 4) is 0 Å². The van der Waals surface area contributed by atoms with Gasteiger partial charge in [-0.25, -0.2) is 0 Å². The van der Waals surface area contributed by atoms with Gasteiger partial charge in [-0.2, -0.15) is 0 Å². The van der Waals surface area contributed by atoms with Crippen LogP contribution in [0.15, 0.2) is 29.3 Å². The summed E-state index contributed by atoms with van der Waals surface area (Å²) in [7, 11) is 1.72. The van der Waals surface area contributed by atoms with Crippen molar-refractivity contribution in [2.45, 2.75) is 13.1 Å². The molecule has 2 N–H and O–H groups in total. The summed E-state index contributed by atoms with van der Waals surface area (Å²) >= 11 is 0. The lowest BCUT2D eigenvalue weighted by Gasteiger charge is -2.08. The number of anilines is 1. The molecule has 2 rings (SSSR count). The Bertz CT molecular complexity index is 426. The number of hydrogen-bond donors (Lipinski definition) is 2. The number of carbonyl (C=O) groups is 1. The molecule has 1 aliphatic rings. The van der Waals surface area contributed by atoms with Crippen LogP contribution < -0.4 is 10.6 Å². The molecule has 0 radical (unpaired) electrons. The van der Waals surface area contributed by atoms with Gasteiger partial charge < -0.3 is 5.32 Å². The zero-order valence-corrected chi connectivity index (χ0v) is 8.74. The zero-order valence-electron chi connectivity index (χ0n) is 8.74. The maximum absolute atomic E-state index is 11.7. The van der Waals surface area contributed by atoms with Crippen LogP contribution in [0.5, 0.6) is 0 Å². The summed E-state index contributed by atoms with van der Waals surface area (Å²) in [4.78, 5) is 16.0. The minimum absolute atomic E-state index is 0.123. The summed E-state index contributed by atoms with van der Waals surface area (Å²) in [5.74, 6) is -0.123. The largest absolute Gasteiger partial charge is 0.322 e. The monoisotopic (exact) mass is 203 g/mol. The predicted molar refractivity (Wildman–Crippen MR) is 60.1 cm³/mol. The number of carbonyl (C=O) groups excluding carboxylic acids is 1. The lowest BCUT2D eigenvalue weighted by molar-refractivity contribution is -0.117. The van der Waals surface area contributed by atoms with E-state index in [4.69, 9.17) is 0 Å². The molecule has 0 fully saturated rings. The number of likely N-dealkylation sites (N-methyl/N-ethyl adjacent to an activating group) is 1. The average Bonchev–Trinajstić information content (AvgIpc) is 2.37. The number of nitrogens with zero attached hydrogens (tertiary/aromatic N) is 1. The van der Waals surface area contributed by atoms with Crippen molar-refractivity contribution in [2.75, 3.05) is 12.4 Å². The topological polar surface area (TPSA) is 53.5 Å². The minimum atomic E-state index is -0.502. The first-order valence-corrected chi connectivity index (χ1v) is 4.84. The number of benzene rings is 1. The highest BCUT2D eigenvalue weighted by Crippen LogP contribution is 2.19. The zero-order chi connectivity index (χ0) is 10.8. The third kappa shape index (κ3) is 1.76. The fraction of sp³-hybridized carbons (Fsp3) is 0.273. The number of para-hydroxylation sites is 1. The lowest BCUT2D eigenvalue weighted by Crippen LogP contribution is -2.36. The Morgan fingerprint density at radius 1 is 1.40 bits per heavy atom. The van der Waals surface area contributed by atoms with Crippen molar-refractivity contribution < 1.29 is 4.79 Å². The highest BCUT2D eigenvalue weighted by Gasteiger charge is 2.21. The highest BCUT2D eigenvalue weighted by molar-refractivity contribution is 6.10. The van der Waals surface area contributed by atoms with Gasteiger partial charge in [-0.05, 0) is 20.0 Å². The van der Waals surface area contributed by atoms with Crippen molar-refractivity contribution in [1.29, 1.82) is 0 Å². The smallest absolute Gasteiger partial charge is 0.263 e. The van der Waals surface area contributed by atoms with Gasteiger partial charge in [0.1, 0.15) is 0 Å². The van der Waals surface area contributed by atoms with Crippen molar-refractivity contribution in [3.05, 3.63) is 29.8 Å². The van der Waals surface area contributed by atoms with Crippen molar-refractivity contribution in [3.63, 3.8) is 0 Å². The van der Waals surface area contributed by atoms with Gasteiger partial charge in [0.15, 0.2) is 6.17 Å². The fourth-order valence-corrected chi connectivity index (χ4v) is 1.63. The van der Waals surface area contributed by atoms with Gasteiger partial charge in [-0.15, -0.1) is 0 Å². The number of benzodiazepines with no additional fused rings is 1. The molecule has 4 heteroatoms. The molecule has 78 valence electrons. The molecule has 1 aromatic rings. The van der Waals surface area contributed by atoms with Crippen LogP contribution in [-0.2, 0) is 4.79 Å². The number of fused-ring (bicyclic) bond motifs is 1. The molecule has 0 spiro atoms. The molecular weight excluding hydrogens is 190 g/mol. The van der Waals surface area contributed by atoms with Crippen LogP contribution in [0.1, 0.15) is 12.5 Å². The van der Waals surface area contributed by atoms with E-state index in [0.717, 1.165) is 17.0 Å². The Hall–Kier alpha value is -1.68. The maximum atomic E-state index is 11.7. The van der Waals surface area contributed by atoms with E-state index in [1.807, 2.05) is 31.2 Å². The molecule has 0 saturated heterocycles. The molecule has 0 bridgehead atoms. The van der Waals surface area contributed by atoms with E-state index < -0.39 is 6.17 Å². The molecule has 15 heavy (non-hydrogen) atoms. The number of aliphatic imine (C=N–C) groups is 1. The van der Waals surface area contributed by atoms with Crippen LogP contribution in [-0.4, -0.2) is 24.8 Å². The molecule has 0 aliphatic carbocycles. The van der Waals surface area contributed by atoms with E-state index in [9.17, 15) is 4.79 Å². The maximum Gasteiger partial charge on any atom is 0.263 e. The number of hydrogen-bond acceptors (Lipinski definition) is 3. The third-order valence-electron chi connectivity index (χ3n) is 2.42. The molecule has 4 nitrogen and oxygen atoms in total. The second-order valence-corrected chi connectivity index (χ2v) is 3.44. The van der Waals surface area contributed by atoms with E-state index in [1.54, 1.807) is 7.05 Å². The van der Waals surface area contributed by atoms with Crippen LogP contribution in [0.25, 0.3) is 0 Å². The van der Waals surface area contributed by atoms with E-state index in [1.165, 1.54) is 0 Å². The van der Waals surface area contributed by atoms with Crippen molar-refractivity contribution in [1.82, 2.24) is 5.32 Å². The predicted octanol–water partition coefficient (Wildman–Crippen LogP) is 0.993. The minimum Gasteiger partial charge on any atom is -0.322 e. The summed E-state index contributed by atoms with van der Waals surface area (Å²) in [5, 5.41) is 5.70. The SMILES string of the molecule is CNC1N=C(C)c2ccccc2NC1=O. The van der Waals surface area contributed by atoms with Crippen LogP contribution >= 0.6 is 0 Å². The van der Waals surface area contributed by atoms with Crippen LogP contribution in [0.4, 0.5) is 5.69 Å². The quantitative estimate of drug-likeness (QED) is 0.715. The molecule has 0 aromatic heterocycles. The van der Waals surface area contributed by atoms with E-state index >= 15 is 0 Å². The molecule has 0 saturated carbocycles. The van der Waals surface area contributed by atoms with E-state index in [-0.39, 0.29) is 5.91 Å². The normalized spacial score (nSPS) is 20.0. The molecule has 1 aliphatic heterocycles. The Morgan fingerprint density at radius 3 is 2.87 bits per heavy atom. The first kappa shape index (κ1) is 9.86. The van der Waals surface area contributed by atoms with Gasteiger partial charge in [-0.1, -0.05) is 18.2 Å². The average molecular weight is 203 g/mol. The molecule has 1 atom stereocenters. The third-order valence-corrected chi connectivity index (χ3v) is 2.42. The van der Waals surface area contributed by atoms with E-state index in [0.29, 0.717) is 0 Å². The molecular formula is C11H13N3O. The Kier molecular flexibility index (Phi) is 2.51. The van der Waals surface area contributed by atoms with Crippen LogP contribution in [0, 0.1) is 0 Å². The lowest BCUT2D eigenvalue weighted by atomic mass is 10.1. The summed E-state index contributed by atoms with van der Waals surface area (Å²) in [6.45, 7) is 1.91. The summed E-state index contributed by atoms with van der Waals surface area (Å²) < 4.78 is 0. The second-order valence-electron chi connectivity index (χ2n) is 3.44. The number of rotatable bonds is 1. The van der Waals surface area contributed by atoms with Gasteiger partial charge in [0.25, 0.3) is 5.91 Å². The number of nitrogens with one attached hydrogen (secondary N) is 2. The van der Waals surface area contributed by atoms with Gasteiger partial charge >= 0.3 is 0 Å². The molecule has 1 aromatic carbocycles. The Balaban J connectivity index is 2.49. The van der Waals surface area contributed by atoms with Gasteiger partial charge in [-0.3, -0.25) is 15.1 Å². The van der Waals surface area contributed by atoms with Gasteiger partial charge in [0, 0.05) is 17.0 Å². The van der Waals surface area contributed by atoms with Crippen molar-refractivity contribution in [2.24, 2.45) is 4.99 Å². The fourth-order valence-electron chi connectivity index (χ4n) is 1.63. The van der Waals surface area contributed by atoms with E-state index in [2.05, 4.69) is 15.6 Å². The summed E-state index contributed by atoms with van der Waals surface area (Å²) in [6, 6.07) is 7.66. The highest BCUT2D eigenvalue weighted by atomic mass is 16.2. The first-order valence-electron chi connectivity index (χ1n) is 4.84. The first-order chi connectivity index (χ1) is 7.22. The summed E-state index contributed by atoms with van der Waals surface area (Å²) in [6.07, 6.45) is -0.502. The standard InChI is InChI=1S/C11H13N3O/c1-7-8-5-3-4-6-9(8)14-11(15)10(12-2)13-7/h3-6,10,12H,1-2H3,(H,14,15). The van der Waals surface area contributed by atoms with Crippen LogP contribution in [0.2, 0.25) is 0 Å². The Morgan fingerprint density at radius 2 is 2.13 bits per heavy atom. The number of amides is 1. The molecule has 1 heterocycles. The second kappa shape index (κ2) is 3.82. The van der Waals surface area contributed by atoms with Gasteiger partial charge in [0.05, 0.1) is 0 Å². The van der Waals surface area contributed by atoms with Crippen molar-refractivity contribution >= 4 is 17.3 Å². The summed E-state index contributed by atoms with van der Waals surface area (Å²) in [5.41, 5.74) is 2.66.